The average molecular weight is 290 g/mol. The normalized spacial score (nSPS) is 16.1. The second-order valence-corrected chi connectivity index (χ2v) is 5.20. The fraction of sp³-hybridized carbons (Fsp3) is 0.385. The van der Waals surface area contributed by atoms with Crippen LogP contribution in [0.5, 0.6) is 0 Å². The number of fused-ring (bicyclic) bond motifs is 1. The zero-order chi connectivity index (χ0) is 15.0. The maximum absolute atomic E-state index is 11.6. The summed E-state index contributed by atoms with van der Waals surface area (Å²) in [4.78, 5) is 33.5. The van der Waals surface area contributed by atoms with E-state index < -0.39 is 4.92 Å². The second kappa shape index (κ2) is 5.04. The summed E-state index contributed by atoms with van der Waals surface area (Å²) in [6.45, 7) is -0.0376. The van der Waals surface area contributed by atoms with E-state index in [2.05, 4.69) is 16.0 Å². The minimum atomic E-state index is -0.524. The van der Waals surface area contributed by atoms with Gasteiger partial charge in [-0.05, 0) is 24.5 Å². The van der Waals surface area contributed by atoms with Gasteiger partial charge in [-0.15, -0.1) is 0 Å². The van der Waals surface area contributed by atoms with Crippen LogP contribution >= 0.6 is 0 Å². The van der Waals surface area contributed by atoms with Crippen molar-refractivity contribution in [2.75, 3.05) is 17.2 Å². The van der Waals surface area contributed by atoms with Crippen LogP contribution in [0, 0.1) is 10.1 Å². The van der Waals surface area contributed by atoms with Gasteiger partial charge in [-0.25, -0.2) is 0 Å². The van der Waals surface area contributed by atoms with Gasteiger partial charge in [0.2, 0.25) is 11.8 Å². The molecule has 2 aliphatic rings. The molecule has 3 rings (SSSR count). The summed E-state index contributed by atoms with van der Waals surface area (Å²) in [6.07, 6.45) is 2.10. The number of nitro groups is 1. The third-order valence-corrected chi connectivity index (χ3v) is 3.43. The van der Waals surface area contributed by atoms with E-state index in [0.29, 0.717) is 11.3 Å². The standard InChI is InChI=1S/C13H14N4O4/c18-12-4-7-3-11(17(20)21)10(5-9(7)16-12)14-6-13(19)15-8-1-2-8/h3,5,8,14H,1-2,4,6H2,(H,15,19)(H,16,18). The van der Waals surface area contributed by atoms with E-state index in [9.17, 15) is 19.7 Å². The molecule has 0 spiro atoms. The number of nitro benzene ring substituents is 1. The van der Waals surface area contributed by atoms with Gasteiger partial charge < -0.3 is 16.0 Å². The molecule has 0 bridgehead atoms. The van der Waals surface area contributed by atoms with E-state index in [1.54, 1.807) is 0 Å². The zero-order valence-corrected chi connectivity index (χ0v) is 11.1. The minimum Gasteiger partial charge on any atom is -0.370 e. The lowest BCUT2D eigenvalue weighted by molar-refractivity contribution is -0.384. The van der Waals surface area contributed by atoms with Gasteiger partial charge in [0.1, 0.15) is 5.69 Å². The van der Waals surface area contributed by atoms with Crippen molar-refractivity contribution < 1.29 is 14.5 Å². The summed E-state index contributed by atoms with van der Waals surface area (Å²) < 4.78 is 0. The van der Waals surface area contributed by atoms with Gasteiger partial charge >= 0.3 is 0 Å². The molecule has 21 heavy (non-hydrogen) atoms. The number of hydrogen-bond donors (Lipinski definition) is 3. The van der Waals surface area contributed by atoms with E-state index in [1.807, 2.05) is 0 Å². The SMILES string of the molecule is O=C1Cc2cc([N+](=O)[O-])c(NCC(=O)NC3CC3)cc2N1. The van der Waals surface area contributed by atoms with Crippen LogP contribution in [0.3, 0.4) is 0 Å². The molecule has 8 heteroatoms. The number of nitrogens with zero attached hydrogens (tertiary/aromatic N) is 1. The quantitative estimate of drug-likeness (QED) is 0.548. The predicted molar refractivity (Wildman–Crippen MR) is 75.1 cm³/mol. The molecule has 0 unspecified atom stereocenters. The van der Waals surface area contributed by atoms with E-state index in [4.69, 9.17) is 0 Å². The van der Waals surface area contributed by atoms with Crippen LogP contribution in [0.15, 0.2) is 12.1 Å². The van der Waals surface area contributed by atoms with Crippen LogP contribution in [-0.2, 0) is 16.0 Å². The molecule has 8 nitrogen and oxygen atoms in total. The van der Waals surface area contributed by atoms with Gasteiger partial charge in [0, 0.05) is 17.8 Å². The molecule has 1 aliphatic heterocycles. The van der Waals surface area contributed by atoms with E-state index in [0.717, 1.165) is 12.8 Å². The number of anilines is 2. The highest BCUT2D eigenvalue weighted by molar-refractivity contribution is 6.00. The van der Waals surface area contributed by atoms with Crippen molar-refractivity contribution in [2.24, 2.45) is 0 Å². The minimum absolute atomic E-state index is 0.0376. The van der Waals surface area contributed by atoms with Crippen molar-refractivity contribution in [1.82, 2.24) is 5.32 Å². The molecule has 0 saturated heterocycles. The number of carbonyl (C=O) groups is 2. The number of hydrogen-bond acceptors (Lipinski definition) is 5. The Bertz CT molecular complexity index is 639. The van der Waals surface area contributed by atoms with Gasteiger partial charge in [-0.1, -0.05) is 0 Å². The Balaban J connectivity index is 1.76. The molecular formula is C13H14N4O4. The Labute approximate surface area is 120 Å². The molecule has 0 aromatic heterocycles. The highest BCUT2D eigenvalue weighted by Crippen LogP contribution is 2.34. The number of carbonyl (C=O) groups excluding carboxylic acids is 2. The average Bonchev–Trinajstić information content (AvgIpc) is 3.14. The predicted octanol–water partition coefficient (Wildman–Crippen LogP) is 0.780. The fourth-order valence-electron chi connectivity index (χ4n) is 2.24. The van der Waals surface area contributed by atoms with Crippen molar-refractivity contribution in [3.05, 3.63) is 27.8 Å². The van der Waals surface area contributed by atoms with Crippen LogP contribution in [0.1, 0.15) is 18.4 Å². The third-order valence-electron chi connectivity index (χ3n) is 3.43. The van der Waals surface area contributed by atoms with Crippen LogP contribution in [0.4, 0.5) is 17.1 Å². The van der Waals surface area contributed by atoms with Crippen molar-refractivity contribution in [3.8, 4) is 0 Å². The largest absolute Gasteiger partial charge is 0.370 e. The van der Waals surface area contributed by atoms with Gasteiger partial charge in [-0.3, -0.25) is 19.7 Å². The Kier molecular flexibility index (Phi) is 3.20. The lowest BCUT2D eigenvalue weighted by Gasteiger charge is -2.09. The number of nitrogens with one attached hydrogen (secondary N) is 3. The maximum atomic E-state index is 11.6. The molecule has 2 amide bonds. The van der Waals surface area contributed by atoms with Crippen molar-refractivity contribution in [1.29, 1.82) is 0 Å². The lowest BCUT2D eigenvalue weighted by Crippen LogP contribution is -2.31. The van der Waals surface area contributed by atoms with E-state index in [-0.39, 0.29) is 42.2 Å². The summed E-state index contributed by atoms with van der Waals surface area (Å²) in [5.41, 5.74) is 1.24. The molecule has 3 N–H and O–H groups in total. The van der Waals surface area contributed by atoms with Gasteiger partial charge in [-0.2, -0.15) is 0 Å². The molecule has 1 aromatic carbocycles. The summed E-state index contributed by atoms with van der Waals surface area (Å²) >= 11 is 0. The third kappa shape index (κ3) is 2.93. The van der Waals surface area contributed by atoms with Crippen LogP contribution in [0.2, 0.25) is 0 Å². The monoisotopic (exact) mass is 290 g/mol. The molecule has 1 fully saturated rings. The maximum Gasteiger partial charge on any atom is 0.292 e. The highest BCUT2D eigenvalue weighted by atomic mass is 16.6. The van der Waals surface area contributed by atoms with E-state index >= 15 is 0 Å². The van der Waals surface area contributed by atoms with E-state index in [1.165, 1.54) is 12.1 Å². The number of benzene rings is 1. The Morgan fingerprint density at radius 3 is 2.86 bits per heavy atom. The van der Waals surface area contributed by atoms with Crippen molar-refractivity contribution in [2.45, 2.75) is 25.3 Å². The van der Waals surface area contributed by atoms with Crippen molar-refractivity contribution >= 4 is 28.9 Å². The zero-order valence-electron chi connectivity index (χ0n) is 11.1. The smallest absolute Gasteiger partial charge is 0.292 e. The first-order chi connectivity index (χ1) is 10.0. The summed E-state index contributed by atoms with van der Waals surface area (Å²) in [7, 11) is 0. The lowest BCUT2D eigenvalue weighted by atomic mass is 10.1. The molecule has 110 valence electrons. The van der Waals surface area contributed by atoms with Gasteiger partial charge in [0.15, 0.2) is 0 Å². The summed E-state index contributed by atoms with van der Waals surface area (Å²) in [5, 5.41) is 19.3. The molecule has 1 aliphatic carbocycles. The fourth-order valence-corrected chi connectivity index (χ4v) is 2.24. The Morgan fingerprint density at radius 1 is 1.43 bits per heavy atom. The highest BCUT2D eigenvalue weighted by Gasteiger charge is 2.26. The van der Waals surface area contributed by atoms with Gasteiger partial charge in [0.25, 0.3) is 5.69 Å². The molecule has 1 saturated carbocycles. The Morgan fingerprint density at radius 2 is 2.19 bits per heavy atom. The van der Waals surface area contributed by atoms with Crippen LogP contribution in [0.25, 0.3) is 0 Å². The van der Waals surface area contributed by atoms with Crippen LogP contribution < -0.4 is 16.0 Å². The molecule has 0 radical (unpaired) electrons. The molecule has 1 heterocycles. The number of amides is 2. The van der Waals surface area contributed by atoms with Gasteiger partial charge in [0.05, 0.1) is 17.9 Å². The Hall–Kier alpha value is -2.64. The molecule has 1 aromatic rings. The topological polar surface area (TPSA) is 113 Å². The second-order valence-electron chi connectivity index (χ2n) is 5.20. The van der Waals surface area contributed by atoms with Crippen molar-refractivity contribution in [3.63, 3.8) is 0 Å². The first-order valence-corrected chi connectivity index (χ1v) is 6.67. The summed E-state index contributed by atoms with van der Waals surface area (Å²) in [5.74, 6) is -0.390. The summed E-state index contributed by atoms with van der Waals surface area (Å²) in [6, 6.07) is 3.12. The molecular weight excluding hydrogens is 276 g/mol. The first-order valence-electron chi connectivity index (χ1n) is 6.67. The number of rotatable bonds is 5. The first kappa shape index (κ1) is 13.3. The van der Waals surface area contributed by atoms with Crippen LogP contribution in [-0.4, -0.2) is 29.3 Å². The molecule has 0 atom stereocenters.